The van der Waals surface area contributed by atoms with Gasteiger partial charge in [-0.1, -0.05) is 32.6 Å². The fourth-order valence-electron chi connectivity index (χ4n) is 4.83. The number of hydrogen-bond donors (Lipinski definition) is 0. The molecule has 4 rings (SSSR count). The fourth-order valence-corrected chi connectivity index (χ4v) is 7.40. The second-order valence-corrected chi connectivity index (χ2v) is 20.0. The Morgan fingerprint density at radius 1 is 1.07 bits per heavy atom. The van der Waals surface area contributed by atoms with Crippen LogP contribution in [-0.2, 0) is 21.3 Å². The Morgan fingerprint density at radius 3 is 2.42 bits per heavy atom. The van der Waals surface area contributed by atoms with E-state index in [2.05, 4.69) is 24.4 Å². The number of halogens is 2. The molecule has 0 N–H and O–H groups in total. The molecule has 8 nitrogen and oxygen atoms in total. The molecule has 2 aromatic carbocycles. The van der Waals surface area contributed by atoms with Crippen LogP contribution in [0.15, 0.2) is 47.3 Å². The van der Waals surface area contributed by atoms with Gasteiger partial charge in [0.25, 0.3) is 0 Å². The predicted octanol–water partition coefficient (Wildman–Crippen LogP) is 5.49. The molecule has 2 heterocycles. The summed E-state index contributed by atoms with van der Waals surface area (Å²) in [6.45, 7) is 6.05. The van der Waals surface area contributed by atoms with Gasteiger partial charge in [-0.2, -0.15) is 8.78 Å². The van der Waals surface area contributed by atoms with Crippen molar-refractivity contribution < 1.29 is 31.5 Å². The van der Waals surface area contributed by atoms with Crippen LogP contribution in [0.1, 0.15) is 36.5 Å². The lowest BCUT2D eigenvalue weighted by atomic mass is 9.78. The summed E-state index contributed by atoms with van der Waals surface area (Å²) in [4.78, 5) is 27.0. The number of carbonyl (C=O) groups is 1. The lowest BCUT2D eigenvalue weighted by Gasteiger charge is -2.32. The minimum Gasteiger partial charge on any atom is -0.435 e. The Labute approximate surface area is 233 Å². The number of benzene rings is 2. The first kappa shape index (κ1) is 30.1. The molecule has 40 heavy (non-hydrogen) atoms. The molecule has 0 saturated carbocycles. The standard InChI is InChI=1S/C28H36F2N2O6SSi/c1-28(10-13-39(35,36)14-11-28)18-25(33)20-8-9-23-24(16-20)31(19-37-12-15-40(2,3)4)27(34)32(23)21-6-5-7-22(17-21)38-26(29)30/h5-9,16-17,26H,10-15,18-19H2,1-4H3. The van der Waals surface area contributed by atoms with Gasteiger partial charge in [0.1, 0.15) is 22.3 Å². The van der Waals surface area contributed by atoms with E-state index in [1.54, 1.807) is 24.3 Å². The van der Waals surface area contributed by atoms with Crippen LogP contribution in [0.4, 0.5) is 8.78 Å². The van der Waals surface area contributed by atoms with Gasteiger partial charge in [-0.3, -0.25) is 13.9 Å². The lowest BCUT2D eigenvalue weighted by molar-refractivity contribution is -0.0498. The predicted molar refractivity (Wildman–Crippen MR) is 153 cm³/mol. The van der Waals surface area contributed by atoms with Gasteiger partial charge in [-0.25, -0.2) is 13.2 Å². The van der Waals surface area contributed by atoms with E-state index in [4.69, 9.17) is 4.74 Å². The Bertz CT molecular complexity index is 1540. The number of sulfone groups is 1. The summed E-state index contributed by atoms with van der Waals surface area (Å²) < 4.78 is 62.7. The highest BCUT2D eigenvalue weighted by atomic mass is 32.2. The molecule has 1 aliphatic rings. The number of alkyl halides is 2. The van der Waals surface area contributed by atoms with Crippen LogP contribution in [0.3, 0.4) is 0 Å². The van der Waals surface area contributed by atoms with E-state index in [9.17, 15) is 26.8 Å². The van der Waals surface area contributed by atoms with Crippen LogP contribution in [0.2, 0.25) is 25.7 Å². The normalized spacial score (nSPS) is 16.9. The van der Waals surface area contributed by atoms with Gasteiger partial charge < -0.3 is 9.47 Å². The minimum atomic E-state index is -3.06. The van der Waals surface area contributed by atoms with Crippen molar-refractivity contribution in [3.8, 4) is 11.4 Å². The molecule has 0 amide bonds. The number of ketones is 1. The van der Waals surface area contributed by atoms with E-state index in [1.807, 2.05) is 6.92 Å². The molecule has 1 aliphatic heterocycles. The topological polar surface area (TPSA) is 96.6 Å². The summed E-state index contributed by atoms with van der Waals surface area (Å²) >= 11 is 0. The second-order valence-electron chi connectivity index (χ2n) is 12.0. The first-order valence-electron chi connectivity index (χ1n) is 13.3. The van der Waals surface area contributed by atoms with E-state index >= 15 is 0 Å². The maximum absolute atomic E-state index is 13.6. The number of aromatic nitrogens is 2. The molecule has 0 aliphatic carbocycles. The highest BCUT2D eigenvalue weighted by Gasteiger charge is 2.35. The molecule has 0 spiro atoms. The number of rotatable bonds is 11. The van der Waals surface area contributed by atoms with Crippen LogP contribution in [0, 0.1) is 5.41 Å². The van der Waals surface area contributed by atoms with Gasteiger partial charge in [0.15, 0.2) is 5.78 Å². The van der Waals surface area contributed by atoms with Crippen molar-refractivity contribution in [1.29, 1.82) is 0 Å². The van der Waals surface area contributed by atoms with Crippen molar-refractivity contribution in [2.24, 2.45) is 5.41 Å². The van der Waals surface area contributed by atoms with Crippen LogP contribution >= 0.6 is 0 Å². The van der Waals surface area contributed by atoms with Crippen LogP contribution in [0.25, 0.3) is 16.7 Å². The maximum Gasteiger partial charge on any atom is 0.387 e. The van der Waals surface area contributed by atoms with E-state index in [-0.39, 0.29) is 36.2 Å². The van der Waals surface area contributed by atoms with Gasteiger partial charge in [-0.05, 0) is 54.6 Å². The fraction of sp³-hybridized carbons (Fsp3) is 0.500. The van der Waals surface area contributed by atoms with Gasteiger partial charge >= 0.3 is 12.3 Å². The maximum atomic E-state index is 13.6. The largest absolute Gasteiger partial charge is 0.435 e. The summed E-state index contributed by atoms with van der Waals surface area (Å²) in [6, 6.07) is 11.7. The van der Waals surface area contributed by atoms with Gasteiger partial charge in [0.05, 0.1) is 28.2 Å². The van der Waals surface area contributed by atoms with Crippen molar-refractivity contribution in [3.63, 3.8) is 0 Å². The molecule has 1 fully saturated rings. The van der Waals surface area contributed by atoms with Crippen molar-refractivity contribution in [3.05, 3.63) is 58.5 Å². The molecule has 218 valence electrons. The van der Waals surface area contributed by atoms with E-state index in [0.29, 0.717) is 41.7 Å². The van der Waals surface area contributed by atoms with E-state index in [0.717, 1.165) is 6.04 Å². The number of Topliss-reactive ketones (excluding diaryl/α,β-unsaturated/α-hetero) is 1. The second kappa shape index (κ2) is 11.6. The minimum absolute atomic E-state index is 0.0345. The zero-order valence-electron chi connectivity index (χ0n) is 23.3. The Balaban J connectivity index is 1.70. The summed E-state index contributed by atoms with van der Waals surface area (Å²) in [7, 11) is -4.43. The lowest BCUT2D eigenvalue weighted by Crippen LogP contribution is -2.33. The molecule has 1 saturated heterocycles. The Hall–Kier alpha value is -2.83. The first-order chi connectivity index (χ1) is 18.7. The van der Waals surface area contributed by atoms with E-state index in [1.165, 1.54) is 27.3 Å². The molecule has 3 aromatic rings. The third-order valence-electron chi connectivity index (χ3n) is 7.39. The number of ether oxygens (including phenoxy) is 2. The molecule has 0 unspecified atom stereocenters. The average Bonchev–Trinajstić information content (AvgIpc) is 3.13. The number of fused-ring (bicyclic) bond motifs is 1. The zero-order valence-corrected chi connectivity index (χ0v) is 25.1. The quantitative estimate of drug-likeness (QED) is 0.165. The molecule has 0 radical (unpaired) electrons. The summed E-state index contributed by atoms with van der Waals surface area (Å²) in [5, 5.41) is 0. The SMILES string of the molecule is CC1(CC(=O)c2ccc3c(c2)n(COCC[Si](C)(C)C)c(=O)n3-c2cccc(OC(F)F)c2)CCS(=O)(=O)CC1. The monoisotopic (exact) mass is 594 g/mol. The molecule has 0 bridgehead atoms. The van der Waals surface area contributed by atoms with Crippen LogP contribution in [0.5, 0.6) is 5.75 Å². The number of hydrogen-bond acceptors (Lipinski definition) is 6. The number of carbonyl (C=O) groups excluding carboxylic acids is 1. The van der Waals surface area contributed by atoms with Gasteiger partial charge in [-0.15, -0.1) is 0 Å². The van der Waals surface area contributed by atoms with E-state index < -0.39 is 35.6 Å². The third kappa shape index (κ3) is 7.27. The van der Waals surface area contributed by atoms with Crippen molar-refractivity contribution in [2.45, 2.75) is 65.2 Å². The first-order valence-corrected chi connectivity index (χ1v) is 18.8. The van der Waals surface area contributed by atoms with Crippen molar-refractivity contribution >= 4 is 34.7 Å². The van der Waals surface area contributed by atoms with Crippen molar-refractivity contribution in [2.75, 3.05) is 18.1 Å². The number of nitrogens with zero attached hydrogens (tertiary/aromatic N) is 2. The molecular formula is C28H36F2N2O6SSi. The summed E-state index contributed by atoms with van der Waals surface area (Å²) in [5.41, 5.74) is 0.841. The van der Waals surface area contributed by atoms with Crippen LogP contribution < -0.4 is 10.4 Å². The molecular weight excluding hydrogens is 558 g/mol. The Morgan fingerprint density at radius 2 is 1.77 bits per heavy atom. The smallest absolute Gasteiger partial charge is 0.387 e. The average molecular weight is 595 g/mol. The summed E-state index contributed by atoms with van der Waals surface area (Å²) in [5.74, 6) is -0.0774. The molecule has 12 heteroatoms. The zero-order chi connectivity index (χ0) is 29.3. The van der Waals surface area contributed by atoms with Gasteiger partial charge in [0, 0.05) is 32.7 Å². The highest BCUT2D eigenvalue weighted by Crippen LogP contribution is 2.37. The summed E-state index contributed by atoms with van der Waals surface area (Å²) in [6.07, 6.45) is 1.04. The molecule has 0 atom stereocenters. The van der Waals surface area contributed by atoms with Gasteiger partial charge in [0.2, 0.25) is 0 Å². The van der Waals surface area contributed by atoms with Crippen molar-refractivity contribution in [1.82, 2.24) is 9.13 Å². The number of imidazole rings is 1. The van der Waals surface area contributed by atoms with Crippen LogP contribution in [-0.4, -0.2) is 56.1 Å². The highest BCUT2D eigenvalue weighted by molar-refractivity contribution is 7.91. The third-order valence-corrected chi connectivity index (χ3v) is 10.7. The molecule has 1 aromatic heterocycles. The Kier molecular flexibility index (Phi) is 8.72.